The van der Waals surface area contributed by atoms with Crippen LogP contribution in [0.5, 0.6) is 0 Å². The monoisotopic (exact) mass is 500 g/mol. The summed E-state index contributed by atoms with van der Waals surface area (Å²) < 4.78 is 0. The number of hydrogen-bond acceptors (Lipinski definition) is 7. The van der Waals surface area contributed by atoms with E-state index in [-0.39, 0.29) is 18.6 Å². The van der Waals surface area contributed by atoms with E-state index in [1.165, 1.54) is 6.42 Å². The molecule has 2 aliphatic heterocycles. The molecule has 0 spiro atoms. The van der Waals surface area contributed by atoms with Crippen molar-refractivity contribution < 1.29 is 19.8 Å². The SMILES string of the molecule is C[C@@H]1[C@@H](NC(=O)[C@@H]2[C@H]([C@H](C)O)[C@H](CO)ON2Cc2cccc(N3CCNCC3)c2)C[C@H]2C[C@@H]1C2(C)C. The van der Waals surface area contributed by atoms with Crippen molar-refractivity contribution in [3.63, 3.8) is 0 Å². The van der Waals surface area contributed by atoms with E-state index < -0.39 is 24.2 Å². The molecular weight excluding hydrogens is 456 g/mol. The Labute approximate surface area is 215 Å². The molecule has 4 N–H and O–H groups in total. The lowest BCUT2D eigenvalue weighted by Crippen LogP contribution is -2.62. The molecule has 1 aromatic carbocycles. The molecule has 0 aromatic heterocycles. The number of hydroxylamine groups is 2. The number of aliphatic hydroxyl groups excluding tert-OH is 2. The molecule has 3 saturated carbocycles. The fourth-order valence-electron chi connectivity index (χ4n) is 7.44. The summed E-state index contributed by atoms with van der Waals surface area (Å²) in [6.07, 6.45) is 0.852. The van der Waals surface area contributed by atoms with Gasteiger partial charge in [-0.05, 0) is 60.6 Å². The molecule has 0 unspecified atom stereocenters. The number of nitrogens with one attached hydrogen (secondary N) is 2. The lowest BCUT2D eigenvalue weighted by Gasteiger charge is -2.62. The second-order valence-electron chi connectivity index (χ2n) is 12.1. The first-order valence-corrected chi connectivity index (χ1v) is 13.8. The van der Waals surface area contributed by atoms with Crippen LogP contribution in [-0.4, -0.2) is 78.3 Å². The summed E-state index contributed by atoms with van der Waals surface area (Å²) in [7, 11) is 0. The van der Waals surface area contributed by atoms with Gasteiger partial charge in [0.1, 0.15) is 12.1 Å². The molecule has 5 aliphatic rings. The molecule has 0 radical (unpaired) electrons. The van der Waals surface area contributed by atoms with Crippen molar-refractivity contribution in [2.45, 2.75) is 71.4 Å². The van der Waals surface area contributed by atoms with E-state index in [0.717, 1.165) is 43.9 Å². The maximum absolute atomic E-state index is 13.8. The van der Waals surface area contributed by atoms with Gasteiger partial charge in [-0.2, -0.15) is 5.06 Å². The lowest BCUT2D eigenvalue weighted by atomic mass is 9.45. The number of fused-ring (bicyclic) bond motifs is 2. The molecule has 6 rings (SSSR count). The average molecular weight is 501 g/mol. The van der Waals surface area contributed by atoms with E-state index in [0.29, 0.717) is 29.7 Å². The molecule has 2 saturated heterocycles. The summed E-state index contributed by atoms with van der Waals surface area (Å²) in [6, 6.07) is 7.85. The zero-order chi connectivity index (χ0) is 25.6. The first-order valence-electron chi connectivity index (χ1n) is 13.8. The topological polar surface area (TPSA) is 97.3 Å². The molecule has 8 heteroatoms. The van der Waals surface area contributed by atoms with Crippen molar-refractivity contribution in [2.75, 3.05) is 37.7 Å². The van der Waals surface area contributed by atoms with Crippen molar-refractivity contribution in [2.24, 2.45) is 29.1 Å². The summed E-state index contributed by atoms with van der Waals surface area (Å²) in [6.45, 7) is 12.7. The number of nitrogens with zero attached hydrogens (tertiary/aromatic N) is 2. The van der Waals surface area contributed by atoms with Gasteiger partial charge in [0.05, 0.1) is 19.3 Å². The molecule has 5 fully saturated rings. The van der Waals surface area contributed by atoms with E-state index in [2.05, 4.69) is 48.4 Å². The van der Waals surface area contributed by atoms with Crippen molar-refractivity contribution in [1.29, 1.82) is 0 Å². The first-order chi connectivity index (χ1) is 17.2. The Balaban J connectivity index is 1.33. The molecule has 3 aliphatic carbocycles. The Morgan fingerprint density at radius 3 is 2.67 bits per heavy atom. The summed E-state index contributed by atoms with van der Waals surface area (Å²) in [5.74, 6) is 1.08. The van der Waals surface area contributed by atoms with E-state index in [4.69, 9.17) is 4.84 Å². The van der Waals surface area contributed by atoms with Gasteiger partial charge in [0.15, 0.2) is 0 Å². The van der Waals surface area contributed by atoms with Crippen molar-refractivity contribution in [3.8, 4) is 0 Å². The van der Waals surface area contributed by atoms with Gasteiger partial charge in [-0.3, -0.25) is 9.63 Å². The lowest BCUT2D eigenvalue weighted by molar-refractivity contribution is -0.183. The Morgan fingerprint density at radius 2 is 2.03 bits per heavy atom. The van der Waals surface area contributed by atoms with Gasteiger partial charge in [-0.15, -0.1) is 0 Å². The summed E-state index contributed by atoms with van der Waals surface area (Å²) in [4.78, 5) is 22.3. The van der Waals surface area contributed by atoms with E-state index in [1.807, 2.05) is 12.1 Å². The van der Waals surface area contributed by atoms with Crippen LogP contribution in [0.15, 0.2) is 24.3 Å². The van der Waals surface area contributed by atoms with E-state index in [1.54, 1.807) is 12.0 Å². The van der Waals surface area contributed by atoms with Gasteiger partial charge in [0.25, 0.3) is 0 Å². The van der Waals surface area contributed by atoms with Gasteiger partial charge in [0, 0.05) is 43.8 Å². The molecule has 2 bridgehead atoms. The fraction of sp³-hybridized carbons (Fsp3) is 0.750. The Morgan fingerprint density at radius 1 is 1.28 bits per heavy atom. The van der Waals surface area contributed by atoms with Crippen LogP contribution in [-0.2, 0) is 16.2 Å². The molecule has 8 nitrogen and oxygen atoms in total. The summed E-state index contributed by atoms with van der Waals surface area (Å²) >= 11 is 0. The smallest absolute Gasteiger partial charge is 0.240 e. The molecular formula is C28H44N4O4. The zero-order valence-electron chi connectivity index (χ0n) is 22.2. The van der Waals surface area contributed by atoms with Gasteiger partial charge in [-0.25, -0.2) is 0 Å². The van der Waals surface area contributed by atoms with Crippen LogP contribution in [0.2, 0.25) is 0 Å². The summed E-state index contributed by atoms with van der Waals surface area (Å²) in [5.41, 5.74) is 2.56. The number of anilines is 1. The van der Waals surface area contributed by atoms with Crippen molar-refractivity contribution >= 4 is 11.6 Å². The van der Waals surface area contributed by atoms with Gasteiger partial charge in [-0.1, -0.05) is 32.9 Å². The predicted octanol–water partition coefficient (Wildman–Crippen LogP) is 1.76. The fourth-order valence-corrected chi connectivity index (χ4v) is 7.44. The van der Waals surface area contributed by atoms with Gasteiger partial charge < -0.3 is 25.7 Å². The third-order valence-electron chi connectivity index (χ3n) is 9.79. The third-order valence-corrected chi connectivity index (χ3v) is 9.79. The van der Waals surface area contributed by atoms with Gasteiger partial charge in [0.2, 0.25) is 5.91 Å². The Kier molecular flexibility index (Phi) is 7.36. The maximum Gasteiger partial charge on any atom is 0.240 e. The van der Waals surface area contributed by atoms with Crippen LogP contribution in [0.25, 0.3) is 0 Å². The standard InChI is InChI=1S/C28H44N4O4/c1-17-22-13-20(28(22,3)4)14-23(17)30-27(35)26-25(18(2)34)24(16-33)36-32(26)15-19-6-5-7-21(12-19)31-10-8-29-9-11-31/h5-7,12,17-18,20,22-26,29,33-34H,8-11,13-16H2,1-4H3,(H,30,35)/t17-,18-,20+,22-,23-,24-,25+,26-/m0/s1. The Hall–Kier alpha value is -1.71. The number of benzene rings is 1. The van der Waals surface area contributed by atoms with Crippen LogP contribution in [0, 0.1) is 29.1 Å². The molecule has 8 atom stereocenters. The second kappa shape index (κ2) is 10.2. The number of amides is 1. The number of carbonyl (C=O) groups excluding carboxylic acids is 1. The minimum Gasteiger partial charge on any atom is -0.394 e. The third kappa shape index (κ3) is 4.67. The van der Waals surface area contributed by atoms with E-state index in [9.17, 15) is 15.0 Å². The van der Waals surface area contributed by atoms with Crippen LogP contribution in [0.1, 0.15) is 46.1 Å². The molecule has 36 heavy (non-hydrogen) atoms. The normalized spacial score (nSPS) is 36.8. The maximum atomic E-state index is 13.8. The highest BCUT2D eigenvalue weighted by atomic mass is 16.7. The Bertz CT molecular complexity index is 934. The predicted molar refractivity (Wildman–Crippen MR) is 139 cm³/mol. The number of piperazine rings is 1. The minimum absolute atomic E-state index is 0.105. The summed E-state index contributed by atoms with van der Waals surface area (Å²) in [5, 5.41) is 29.1. The van der Waals surface area contributed by atoms with Crippen LogP contribution >= 0.6 is 0 Å². The number of carbonyl (C=O) groups is 1. The van der Waals surface area contributed by atoms with Crippen molar-refractivity contribution in [1.82, 2.24) is 15.7 Å². The highest BCUT2D eigenvalue weighted by Crippen LogP contribution is 2.61. The largest absolute Gasteiger partial charge is 0.394 e. The van der Waals surface area contributed by atoms with E-state index >= 15 is 0 Å². The minimum atomic E-state index is -0.786. The highest BCUT2D eigenvalue weighted by molar-refractivity contribution is 5.82. The number of rotatable bonds is 7. The number of aliphatic hydroxyl groups is 2. The van der Waals surface area contributed by atoms with Crippen molar-refractivity contribution in [3.05, 3.63) is 29.8 Å². The molecule has 1 aromatic rings. The zero-order valence-corrected chi connectivity index (χ0v) is 22.2. The second-order valence-corrected chi connectivity index (χ2v) is 12.1. The average Bonchev–Trinajstić information content (AvgIpc) is 3.24. The first kappa shape index (κ1) is 25.9. The highest BCUT2D eigenvalue weighted by Gasteiger charge is 2.57. The number of hydrogen-bond donors (Lipinski definition) is 4. The quantitative estimate of drug-likeness (QED) is 0.453. The van der Waals surface area contributed by atoms with Crippen LogP contribution in [0.4, 0.5) is 5.69 Å². The van der Waals surface area contributed by atoms with Crippen LogP contribution < -0.4 is 15.5 Å². The molecule has 200 valence electrons. The molecule has 1 amide bonds. The van der Waals surface area contributed by atoms with Crippen LogP contribution in [0.3, 0.4) is 0 Å². The molecule has 2 heterocycles. The van der Waals surface area contributed by atoms with Gasteiger partial charge >= 0.3 is 0 Å².